The highest BCUT2D eigenvalue weighted by molar-refractivity contribution is 5.15. The third-order valence-electron chi connectivity index (χ3n) is 2.51. The van der Waals surface area contributed by atoms with Gasteiger partial charge in [-0.2, -0.15) is 0 Å². The van der Waals surface area contributed by atoms with E-state index in [0.29, 0.717) is 12.6 Å². The van der Waals surface area contributed by atoms with Crippen molar-refractivity contribution in [3.8, 4) is 0 Å². The summed E-state index contributed by atoms with van der Waals surface area (Å²) in [6.45, 7) is 0.481. The summed E-state index contributed by atoms with van der Waals surface area (Å²) in [5.41, 5.74) is 6.50. The van der Waals surface area contributed by atoms with Crippen molar-refractivity contribution in [2.75, 3.05) is 0 Å². The van der Waals surface area contributed by atoms with E-state index in [4.69, 9.17) is 10.5 Å². The molecule has 0 saturated heterocycles. The first-order valence-corrected chi connectivity index (χ1v) is 4.85. The van der Waals surface area contributed by atoms with Crippen molar-refractivity contribution in [2.45, 2.75) is 31.6 Å². The Morgan fingerprint density at radius 2 is 2.21 bits per heavy atom. The lowest BCUT2D eigenvalue weighted by Crippen LogP contribution is -2.41. The van der Waals surface area contributed by atoms with Gasteiger partial charge >= 0.3 is 0 Å². The minimum atomic E-state index is -0.212. The Bertz CT molecular complexity index is 310. The predicted octanol–water partition coefficient (Wildman–Crippen LogP) is 1.83. The van der Waals surface area contributed by atoms with Crippen LogP contribution in [-0.2, 0) is 11.3 Å². The van der Waals surface area contributed by atoms with E-state index >= 15 is 0 Å². The summed E-state index contributed by atoms with van der Waals surface area (Å²) in [5.74, 6) is -0.212. The van der Waals surface area contributed by atoms with Gasteiger partial charge in [-0.15, -0.1) is 0 Å². The zero-order valence-corrected chi connectivity index (χ0v) is 7.95. The third-order valence-corrected chi connectivity index (χ3v) is 2.51. The van der Waals surface area contributed by atoms with Crippen LogP contribution in [0.4, 0.5) is 4.39 Å². The number of rotatable bonds is 3. The van der Waals surface area contributed by atoms with Gasteiger partial charge in [-0.1, -0.05) is 12.1 Å². The Labute approximate surface area is 82.9 Å². The van der Waals surface area contributed by atoms with Crippen molar-refractivity contribution in [3.05, 3.63) is 35.6 Å². The van der Waals surface area contributed by atoms with E-state index in [1.165, 1.54) is 12.1 Å². The molecule has 0 spiro atoms. The predicted molar refractivity (Wildman–Crippen MR) is 52.2 cm³/mol. The fourth-order valence-electron chi connectivity index (χ4n) is 1.58. The second-order valence-electron chi connectivity index (χ2n) is 3.79. The molecule has 1 aromatic carbocycles. The lowest BCUT2D eigenvalue weighted by molar-refractivity contribution is -0.0189. The Hall–Kier alpha value is -0.930. The second kappa shape index (κ2) is 4.07. The van der Waals surface area contributed by atoms with Gasteiger partial charge in [-0.3, -0.25) is 0 Å². The largest absolute Gasteiger partial charge is 0.373 e. The van der Waals surface area contributed by atoms with Crippen LogP contribution in [0.1, 0.15) is 18.4 Å². The molecule has 0 aliphatic heterocycles. The fourth-order valence-corrected chi connectivity index (χ4v) is 1.58. The van der Waals surface area contributed by atoms with Crippen LogP contribution in [0.5, 0.6) is 0 Å². The molecule has 76 valence electrons. The monoisotopic (exact) mass is 195 g/mol. The molecule has 0 aromatic heterocycles. The van der Waals surface area contributed by atoms with Crippen LogP contribution in [0, 0.1) is 5.82 Å². The van der Waals surface area contributed by atoms with Gasteiger partial charge in [-0.25, -0.2) is 4.39 Å². The van der Waals surface area contributed by atoms with Crippen LogP contribution in [0.15, 0.2) is 24.3 Å². The zero-order chi connectivity index (χ0) is 9.97. The van der Waals surface area contributed by atoms with Gasteiger partial charge in [-0.05, 0) is 30.5 Å². The van der Waals surface area contributed by atoms with Crippen LogP contribution in [0.2, 0.25) is 0 Å². The van der Waals surface area contributed by atoms with Crippen LogP contribution >= 0.6 is 0 Å². The number of nitrogens with two attached hydrogens (primary N) is 1. The Balaban J connectivity index is 1.80. The van der Waals surface area contributed by atoms with Crippen molar-refractivity contribution in [3.63, 3.8) is 0 Å². The van der Waals surface area contributed by atoms with Crippen molar-refractivity contribution in [1.82, 2.24) is 0 Å². The topological polar surface area (TPSA) is 35.2 Å². The van der Waals surface area contributed by atoms with Gasteiger partial charge in [0.1, 0.15) is 5.82 Å². The average Bonchev–Trinajstić information content (AvgIpc) is 2.11. The molecule has 0 bridgehead atoms. The molecule has 14 heavy (non-hydrogen) atoms. The van der Waals surface area contributed by atoms with Gasteiger partial charge in [0.25, 0.3) is 0 Å². The molecule has 1 aliphatic rings. The van der Waals surface area contributed by atoms with E-state index < -0.39 is 0 Å². The van der Waals surface area contributed by atoms with Crippen LogP contribution < -0.4 is 5.73 Å². The van der Waals surface area contributed by atoms with E-state index in [0.717, 1.165) is 18.4 Å². The Morgan fingerprint density at radius 1 is 1.43 bits per heavy atom. The van der Waals surface area contributed by atoms with E-state index in [1.54, 1.807) is 6.07 Å². The number of benzene rings is 1. The van der Waals surface area contributed by atoms with Crippen LogP contribution in [0.3, 0.4) is 0 Å². The summed E-state index contributed by atoms with van der Waals surface area (Å²) in [7, 11) is 0. The molecule has 2 nitrogen and oxygen atoms in total. The van der Waals surface area contributed by atoms with Crippen LogP contribution in [-0.4, -0.2) is 12.1 Å². The molecular formula is C11H14FNO. The van der Waals surface area contributed by atoms with E-state index in [-0.39, 0.29) is 11.9 Å². The first-order chi connectivity index (χ1) is 6.74. The number of hydrogen-bond donors (Lipinski definition) is 1. The minimum absolute atomic E-state index is 0.212. The maximum Gasteiger partial charge on any atom is 0.123 e. The molecule has 2 N–H and O–H groups in total. The third kappa shape index (κ3) is 2.30. The van der Waals surface area contributed by atoms with E-state index in [2.05, 4.69) is 0 Å². The molecular weight excluding hydrogens is 181 g/mol. The van der Waals surface area contributed by atoms with Crippen molar-refractivity contribution in [2.24, 2.45) is 5.73 Å². The molecule has 2 rings (SSSR count). The quantitative estimate of drug-likeness (QED) is 0.798. The maximum atomic E-state index is 12.8. The van der Waals surface area contributed by atoms with Crippen molar-refractivity contribution < 1.29 is 9.13 Å². The van der Waals surface area contributed by atoms with Crippen molar-refractivity contribution in [1.29, 1.82) is 0 Å². The first kappa shape index (κ1) is 9.62. The molecule has 0 unspecified atom stereocenters. The summed E-state index contributed by atoms with van der Waals surface area (Å²) in [5, 5.41) is 0. The smallest absolute Gasteiger partial charge is 0.123 e. The minimum Gasteiger partial charge on any atom is -0.373 e. The number of hydrogen-bond acceptors (Lipinski definition) is 2. The summed E-state index contributed by atoms with van der Waals surface area (Å²) in [6, 6.07) is 6.79. The summed E-state index contributed by atoms with van der Waals surface area (Å²) in [6.07, 6.45) is 2.12. The SMILES string of the molecule is NC1CC(OCc2cccc(F)c2)C1. The van der Waals surface area contributed by atoms with Crippen LogP contribution in [0.25, 0.3) is 0 Å². The second-order valence-corrected chi connectivity index (χ2v) is 3.79. The average molecular weight is 195 g/mol. The molecule has 1 aliphatic carbocycles. The van der Waals surface area contributed by atoms with Gasteiger partial charge < -0.3 is 10.5 Å². The summed E-state index contributed by atoms with van der Waals surface area (Å²) in [4.78, 5) is 0. The Kier molecular flexibility index (Phi) is 2.79. The number of halogens is 1. The standard InChI is InChI=1S/C11H14FNO/c12-9-3-1-2-8(4-9)7-14-11-5-10(13)6-11/h1-4,10-11H,5-7,13H2. The molecule has 1 saturated carbocycles. The first-order valence-electron chi connectivity index (χ1n) is 4.85. The molecule has 0 atom stereocenters. The highest BCUT2D eigenvalue weighted by Gasteiger charge is 2.26. The summed E-state index contributed by atoms with van der Waals surface area (Å²) < 4.78 is 18.3. The highest BCUT2D eigenvalue weighted by Crippen LogP contribution is 2.22. The molecule has 0 radical (unpaired) electrons. The van der Waals surface area contributed by atoms with Gasteiger partial charge in [0.2, 0.25) is 0 Å². The molecule has 0 heterocycles. The van der Waals surface area contributed by atoms with Gasteiger partial charge in [0, 0.05) is 6.04 Å². The highest BCUT2D eigenvalue weighted by atomic mass is 19.1. The van der Waals surface area contributed by atoms with Crippen molar-refractivity contribution >= 4 is 0 Å². The molecule has 1 aromatic rings. The Morgan fingerprint density at radius 3 is 2.86 bits per heavy atom. The zero-order valence-electron chi connectivity index (χ0n) is 7.95. The molecule has 3 heteroatoms. The summed E-state index contributed by atoms with van der Waals surface area (Å²) >= 11 is 0. The maximum absolute atomic E-state index is 12.8. The molecule has 1 fully saturated rings. The van der Waals surface area contributed by atoms with E-state index in [1.807, 2.05) is 6.07 Å². The van der Waals surface area contributed by atoms with E-state index in [9.17, 15) is 4.39 Å². The molecule has 0 amide bonds. The lowest BCUT2D eigenvalue weighted by Gasteiger charge is -2.32. The van der Waals surface area contributed by atoms with Gasteiger partial charge in [0.05, 0.1) is 12.7 Å². The number of ether oxygens (including phenoxy) is 1. The normalized spacial score (nSPS) is 25.9. The van der Waals surface area contributed by atoms with Gasteiger partial charge in [0.15, 0.2) is 0 Å². The fraction of sp³-hybridized carbons (Fsp3) is 0.455. The lowest BCUT2D eigenvalue weighted by atomic mass is 9.90.